The molecular formula is C35H37BrP2Pd. The molecule has 0 atom stereocenters. The van der Waals surface area contributed by atoms with Gasteiger partial charge in [0.2, 0.25) is 0 Å². The van der Waals surface area contributed by atoms with E-state index in [4.69, 9.17) is 0 Å². The molecule has 0 heterocycles. The third-order valence-corrected chi connectivity index (χ3v) is 10.7. The van der Waals surface area contributed by atoms with Gasteiger partial charge in [-0.15, -0.1) is 0 Å². The molecule has 0 nitrogen and oxygen atoms in total. The fourth-order valence-electron chi connectivity index (χ4n) is 3.93. The van der Waals surface area contributed by atoms with Crippen molar-refractivity contribution in [2.75, 3.05) is 12.3 Å². The van der Waals surface area contributed by atoms with Crippen LogP contribution in [0.5, 0.6) is 0 Å². The Bertz CT molecular complexity index is 1080. The molecule has 5 aromatic carbocycles. The first-order valence-corrected chi connectivity index (χ1v) is 19.6. The Hall–Kier alpha value is -1.90. The van der Waals surface area contributed by atoms with Gasteiger partial charge < -0.3 is 0 Å². The Balaban J connectivity index is 0.000000211. The zero-order valence-electron chi connectivity index (χ0n) is 22.9. The van der Waals surface area contributed by atoms with Crippen LogP contribution in [0.1, 0.15) is 19.4 Å². The summed E-state index contributed by atoms with van der Waals surface area (Å²) in [6, 6.07) is 54.1. The van der Waals surface area contributed by atoms with Crippen LogP contribution in [0.2, 0.25) is 0 Å². The van der Waals surface area contributed by atoms with E-state index in [1.165, 1.54) is 39.1 Å². The van der Waals surface area contributed by atoms with Crippen molar-refractivity contribution in [2.24, 2.45) is 0 Å². The number of hydrogen-bond donors (Lipinski definition) is 0. The molecule has 0 unspecified atom stereocenters. The van der Waals surface area contributed by atoms with Crippen LogP contribution < -0.4 is 21.2 Å². The number of rotatable bonds is 6. The van der Waals surface area contributed by atoms with Gasteiger partial charge in [-0.1, -0.05) is 142 Å². The second kappa shape index (κ2) is 20.9. The van der Waals surface area contributed by atoms with Crippen LogP contribution in [0.4, 0.5) is 0 Å². The molecule has 5 rings (SSSR count). The fraction of sp³-hybridized carbons (Fsp3) is 0.143. The average Bonchev–Trinajstić information content (AvgIpc) is 3.02. The quantitative estimate of drug-likeness (QED) is 0.0941. The first-order chi connectivity index (χ1) is 19.2. The first-order valence-electron chi connectivity index (χ1n) is 13.0. The summed E-state index contributed by atoms with van der Waals surface area (Å²) in [5, 5.41) is 5.89. The van der Waals surface area contributed by atoms with Gasteiger partial charge in [0.1, 0.15) is 0 Å². The van der Waals surface area contributed by atoms with Crippen molar-refractivity contribution >= 4 is 50.5 Å². The molecule has 5 aromatic rings. The molecule has 0 fully saturated rings. The van der Waals surface area contributed by atoms with Gasteiger partial charge in [-0.2, -0.15) is 35.9 Å². The Morgan fingerprint density at radius 3 is 0.923 bits per heavy atom. The summed E-state index contributed by atoms with van der Waals surface area (Å²) in [5.41, 5.74) is 1.29. The minimum atomic E-state index is -0.149. The summed E-state index contributed by atoms with van der Waals surface area (Å²) in [6.07, 6.45) is 2.42. The third kappa shape index (κ3) is 12.4. The van der Waals surface area contributed by atoms with Gasteiger partial charge in [-0.05, 0) is 49.4 Å². The van der Waals surface area contributed by atoms with E-state index in [2.05, 4.69) is 179 Å². The normalized spacial score (nSPS) is 9.85. The van der Waals surface area contributed by atoms with Crippen LogP contribution in [-0.4, -0.2) is 12.3 Å². The second-order valence-electron chi connectivity index (χ2n) is 8.41. The molecule has 0 spiro atoms. The van der Waals surface area contributed by atoms with Crippen molar-refractivity contribution in [1.82, 2.24) is 0 Å². The van der Waals surface area contributed by atoms with Crippen molar-refractivity contribution in [2.45, 2.75) is 20.8 Å². The van der Waals surface area contributed by atoms with Crippen LogP contribution in [-0.2, 0) is 17.2 Å². The topological polar surface area (TPSA) is 0 Å². The van der Waals surface area contributed by atoms with E-state index in [1.54, 1.807) is 0 Å². The van der Waals surface area contributed by atoms with E-state index in [0.29, 0.717) is 0 Å². The maximum absolute atomic E-state index is 2.93. The van der Waals surface area contributed by atoms with E-state index >= 15 is 0 Å². The van der Waals surface area contributed by atoms with Gasteiger partial charge >= 0.3 is 30.6 Å². The Labute approximate surface area is 256 Å². The Kier molecular flexibility index (Phi) is 17.9. The van der Waals surface area contributed by atoms with Gasteiger partial charge in [-0.25, -0.2) is 0 Å². The second-order valence-corrected chi connectivity index (χ2v) is 13.5. The fourth-order valence-corrected chi connectivity index (χ4v) is 8.12. The molecule has 204 valence electrons. The van der Waals surface area contributed by atoms with E-state index in [9.17, 15) is 0 Å². The standard InChI is InChI=1S/2C14H15P.C7H7.BrH.Pd/c2*1-2-15(13-9-5-3-6-10-13)14-11-7-4-8-12-14;1-7-5-3-2-4-6-7;;/h2*3-12H,2H2,1H3;3-6H,1H3;1H;/q;;-1;;+2/p-1. The summed E-state index contributed by atoms with van der Waals surface area (Å²) in [7, 11) is -0.297. The molecule has 0 aliphatic heterocycles. The van der Waals surface area contributed by atoms with E-state index in [0.717, 1.165) is 0 Å². The molecule has 0 N–H and O–H groups in total. The zero-order chi connectivity index (χ0) is 28.1. The Morgan fingerprint density at radius 1 is 0.487 bits per heavy atom. The minimum absolute atomic E-state index is 0.149. The molecule has 0 saturated carbocycles. The van der Waals surface area contributed by atoms with Crippen molar-refractivity contribution in [1.29, 1.82) is 0 Å². The summed E-state index contributed by atoms with van der Waals surface area (Å²) in [4.78, 5) is 0. The molecule has 0 aliphatic carbocycles. The van der Waals surface area contributed by atoms with Crippen molar-refractivity contribution in [3.05, 3.63) is 157 Å². The van der Waals surface area contributed by atoms with Crippen molar-refractivity contribution < 1.29 is 17.2 Å². The number of aryl methyl sites for hydroxylation is 1. The molecule has 39 heavy (non-hydrogen) atoms. The molecule has 4 heteroatoms. The number of benzene rings is 5. The van der Waals surface area contributed by atoms with Crippen LogP contribution >= 0.6 is 29.3 Å². The predicted molar refractivity (Wildman–Crippen MR) is 178 cm³/mol. The van der Waals surface area contributed by atoms with Gasteiger partial charge in [-0.3, -0.25) is 0 Å². The summed E-state index contributed by atoms with van der Waals surface area (Å²) >= 11 is 5.35. The molecule has 0 bridgehead atoms. The van der Waals surface area contributed by atoms with Crippen LogP contribution in [0.25, 0.3) is 0 Å². The maximum atomic E-state index is 2.93. The van der Waals surface area contributed by atoms with Crippen LogP contribution in [0.3, 0.4) is 0 Å². The van der Waals surface area contributed by atoms with Gasteiger partial charge in [0.15, 0.2) is 0 Å². The molecule has 0 aromatic heterocycles. The zero-order valence-corrected chi connectivity index (χ0v) is 27.8. The molecule has 0 amide bonds. The van der Waals surface area contributed by atoms with Crippen molar-refractivity contribution in [3.8, 4) is 0 Å². The van der Waals surface area contributed by atoms with Gasteiger partial charge in [0.05, 0.1) is 0 Å². The number of hydrogen-bond acceptors (Lipinski definition) is 0. The van der Waals surface area contributed by atoms with E-state index in [1.807, 2.05) is 24.3 Å². The van der Waals surface area contributed by atoms with Gasteiger partial charge in [0, 0.05) is 0 Å². The predicted octanol–water partition coefficient (Wildman–Crippen LogP) is 8.92. The summed E-state index contributed by atoms with van der Waals surface area (Å²) in [5.74, 6) is 0. The summed E-state index contributed by atoms with van der Waals surface area (Å²) in [6.45, 7) is 6.60. The SMILES string of the molecule is CCP(c1ccccc1)c1ccccc1.CCP(c1ccccc1)c1ccccc1.Cc1cc[c-]cc1.[Br][Pd+]. The molecule has 0 aliphatic rings. The Morgan fingerprint density at radius 2 is 0.744 bits per heavy atom. The van der Waals surface area contributed by atoms with Crippen molar-refractivity contribution in [3.63, 3.8) is 0 Å². The number of halogens is 1. The monoisotopic (exact) mass is 704 g/mol. The van der Waals surface area contributed by atoms with Gasteiger partial charge in [0.25, 0.3) is 0 Å². The summed E-state index contributed by atoms with van der Waals surface area (Å²) < 4.78 is 0. The third-order valence-electron chi connectivity index (χ3n) is 5.79. The molecule has 0 saturated heterocycles. The van der Waals surface area contributed by atoms with Crippen LogP contribution in [0, 0.1) is 13.0 Å². The van der Waals surface area contributed by atoms with Crippen LogP contribution in [0.15, 0.2) is 146 Å². The molecule has 0 radical (unpaired) electrons. The first kappa shape index (κ1) is 33.3. The molecular weight excluding hydrogens is 669 g/mol. The van der Waals surface area contributed by atoms with E-state index in [-0.39, 0.29) is 15.8 Å². The average molecular weight is 706 g/mol. The van der Waals surface area contributed by atoms with E-state index < -0.39 is 0 Å².